The Hall–Kier alpha value is -1.92. The van der Waals surface area contributed by atoms with Crippen LogP contribution >= 0.6 is 0 Å². The van der Waals surface area contributed by atoms with Gasteiger partial charge in [0.05, 0.1) is 7.11 Å². The molecule has 1 rings (SSSR count). The number of aromatic nitrogens is 2. The average molecular weight is 172 g/mol. The summed E-state index contributed by atoms with van der Waals surface area (Å²) in [6, 6.07) is -0.793. The fourth-order valence-electron chi connectivity index (χ4n) is 0.679. The maximum Gasteiger partial charge on any atom is 0.435 e. The van der Waals surface area contributed by atoms with E-state index in [0.29, 0.717) is 0 Å². The maximum atomic E-state index is 10.8. The first-order chi connectivity index (χ1) is 5.57. The predicted molar refractivity (Wildman–Crippen MR) is 40.2 cm³/mol. The van der Waals surface area contributed by atoms with Crippen LogP contribution in [0.1, 0.15) is 0 Å². The van der Waals surface area contributed by atoms with Gasteiger partial charge in [0, 0.05) is 0 Å². The van der Waals surface area contributed by atoms with Gasteiger partial charge in [-0.3, -0.25) is 0 Å². The molecule has 0 unspecified atom stereocenters. The first-order valence-electron chi connectivity index (χ1n) is 2.99. The molecule has 0 spiro atoms. The van der Waals surface area contributed by atoms with Gasteiger partial charge >= 0.3 is 11.9 Å². The lowest BCUT2D eigenvalue weighted by Crippen LogP contribution is -2.32. The molecular weight excluding hydrogens is 164 g/mol. The Balaban J connectivity index is 3.39. The fraction of sp³-hybridized carbons (Fsp3) is 0.200. The molecule has 0 saturated carbocycles. The van der Waals surface area contributed by atoms with Crippen molar-refractivity contribution < 1.29 is 14.6 Å². The molecule has 0 aromatic carbocycles. The highest BCUT2D eigenvalue weighted by Gasteiger charge is 2.17. The van der Waals surface area contributed by atoms with E-state index in [1.807, 2.05) is 0 Å². The van der Waals surface area contributed by atoms with Crippen LogP contribution in [-0.4, -0.2) is 17.2 Å². The second-order valence-electron chi connectivity index (χ2n) is 2.01. The highest BCUT2D eigenvalue weighted by Crippen LogP contribution is 2.23. The molecule has 0 saturated heterocycles. The summed E-state index contributed by atoms with van der Waals surface area (Å²) >= 11 is 0. The van der Waals surface area contributed by atoms with Crippen LogP contribution in [0.15, 0.2) is 0 Å². The van der Waals surface area contributed by atoms with E-state index in [1.165, 1.54) is 7.11 Å². The number of nitrogen functional groups attached to an aromatic ring is 2. The van der Waals surface area contributed by atoms with Crippen molar-refractivity contribution in [2.24, 2.45) is 0 Å². The second-order valence-corrected chi connectivity index (χ2v) is 2.01. The number of nitrogens with zero attached hydrogens (tertiary/aromatic N) is 2. The number of anilines is 2. The van der Waals surface area contributed by atoms with E-state index < -0.39 is 6.01 Å². The van der Waals surface area contributed by atoms with Crippen molar-refractivity contribution in [1.29, 1.82) is 0 Å². The number of nitrogens with two attached hydrogens (primary N) is 2. The van der Waals surface area contributed by atoms with Gasteiger partial charge in [-0.2, -0.15) is 0 Å². The van der Waals surface area contributed by atoms with Crippen molar-refractivity contribution in [3.05, 3.63) is 5.21 Å². The maximum absolute atomic E-state index is 10.8. The lowest BCUT2D eigenvalue weighted by atomic mass is 10.5. The number of hydrogen-bond donors (Lipinski definition) is 3. The monoisotopic (exact) mass is 172 g/mol. The van der Waals surface area contributed by atoms with Crippen molar-refractivity contribution in [3.8, 4) is 11.9 Å². The quantitative estimate of drug-likeness (QED) is 0.353. The molecule has 0 aliphatic heterocycles. The first kappa shape index (κ1) is 8.18. The van der Waals surface area contributed by atoms with E-state index in [-0.39, 0.29) is 22.1 Å². The van der Waals surface area contributed by atoms with Crippen LogP contribution in [-0.2, 0) is 0 Å². The minimum atomic E-state index is -0.793. The van der Waals surface area contributed by atoms with Crippen LogP contribution in [0.5, 0.6) is 11.9 Å². The third kappa shape index (κ3) is 1.00. The molecule has 0 fully saturated rings. The third-order valence-corrected chi connectivity index (χ3v) is 1.30. The molecule has 0 aliphatic rings. The standard InChI is InChI=1S/C5H8N4O3/c1-12-4-2(6)3(7)9(11)5(10)8-4/h6-7H2,1H3,(H,8,10). The topological polar surface area (TPSA) is 121 Å². The molecule has 0 aliphatic carbocycles. The van der Waals surface area contributed by atoms with Gasteiger partial charge in [-0.05, 0) is 4.98 Å². The Bertz CT molecular complexity index is 314. The van der Waals surface area contributed by atoms with Crippen LogP contribution in [0, 0.1) is 5.21 Å². The molecule has 7 nitrogen and oxygen atoms in total. The van der Waals surface area contributed by atoms with Crippen molar-refractivity contribution in [3.63, 3.8) is 0 Å². The van der Waals surface area contributed by atoms with Gasteiger partial charge in [-0.15, -0.1) is 0 Å². The van der Waals surface area contributed by atoms with Crippen molar-refractivity contribution in [2.75, 3.05) is 18.6 Å². The Morgan fingerprint density at radius 1 is 1.58 bits per heavy atom. The van der Waals surface area contributed by atoms with Crippen LogP contribution in [0.25, 0.3) is 0 Å². The summed E-state index contributed by atoms with van der Waals surface area (Å²) in [6.45, 7) is 0. The second kappa shape index (κ2) is 2.61. The Morgan fingerprint density at radius 2 is 2.17 bits per heavy atom. The summed E-state index contributed by atoms with van der Waals surface area (Å²) < 4.78 is 4.65. The summed E-state index contributed by atoms with van der Waals surface area (Å²) in [5.41, 5.74) is 10.4. The third-order valence-electron chi connectivity index (χ3n) is 1.30. The first-order valence-corrected chi connectivity index (χ1v) is 2.99. The lowest BCUT2D eigenvalue weighted by Gasteiger charge is -2.09. The lowest BCUT2D eigenvalue weighted by molar-refractivity contribution is -0.601. The van der Waals surface area contributed by atoms with E-state index in [9.17, 15) is 5.21 Å². The minimum absolute atomic E-state index is 0.0118. The summed E-state index contributed by atoms with van der Waals surface area (Å²) in [6.07, 6.45) is 0. The molecule has 0 atom stereocenters. The Morgan fingerprint density at radius 3 is 2.67 bits per heavy atom. The van der Waals surface area contributed by atoms with Crippen LogP contribution in [0.4, 0.5) is 11.5 Å². The number of rotatable bonds is 1. The Kier molecular flexibility index (Phi) is 1.78. The van der Waals surface area contributed by atoms with Crippen molar-refractivity contribution >= 4 is 11.5 Å². The highest BCUT2D eigenvalue weighted by molar-refractivity contribution is 5.61. The zero-order valence-corrected chi connectivity index (χ0v) is 6.31. The van der Waals surface area contributed by atoms with Gasteiger partial charge in [0.1, 0.15) is 0 Å². The SMILES string of the molecule is COc1nc(O)[n+]([O-])c(N)c1N. The molecule has 66 valence electrons. The molecule has 5 N–H and O–H groups in total. The molecule has 0 radical (unpaired) electrons. The largest absolute Gasteiger partial charge is 0.738 e. The number of hydrogen-bond acceptors (Lipinski definition) is 6. The van der Waals surface area contributed by atoms with E-state index >= 15 is 0 Å². The van der Waals surface area contributed by atoms with E-state index in [4.69, 9.17) is 16.6 Å². The highest BCUT2D eigenvalue weighted by atomic mass is 16.5. The van der Waals surface area contributed by atoms with Gasteiger partial charge in [0.15, 0.2) is 5.69 Å². The summed E-state index contributed by atoms with van der Waals surface area (Å²) in [5, 5.41) is 19.7. The Labute approximate surface area is 67.8 Å². The van der Waals surface area contributed by atoms with Gasteiger partial charge in [0.25, 0.3) is 5.82 Å². The molecule has 1 aromatic rings. The number of aromatic hydroxyl groups is 1. The van der Waals surface area contributed by atoms with Gasteiger partial charge < -0.3 is 26.5 Å². The smallest absolute Gasteiger partial charge is 0.435 e. The summed E-state index contributed by atoms with van der Waals surface area (Å²) in [5.74, 6) is -0.406. The number of methoxy groups -OCH3 is 1. The van der Waals surface area contributed by atoms with Crippen LogP contribution in [0.3, 0.4) is 0 Å². The zero-order chi connectivity index (χ0) is 9.30. The molecule has 0 bridgehead atoms. The van der Waals surface area contributed by atoms with E-state index in [2.05, 4.69) is 9.72 Å². The van der Waals surface area contributed by atoms with E-state index in [0.717, 1.165) is 0 Å². The predicted octanol–water partition coefficient (Wildman–Crippen LogP) is -1.41. The van der Waals surface area contributed by atoms with E-state index in [1.54, 1.807) is 0 Å². The molecular formula is C5H8N4O3. The molecule has 0 amide bonds. The zero-order valence-electron chi connectivity index (χ0n) is 6.31. The van der Waals surface area contributed by atoms with Crippen LogP contribution in [0.2, 0.25) is 0 Å². The molecule has 1 heterocycles. The fourth-order valence-corrected chi connectivity index (χ4v) is 0.679. The summed E-state index contributed by atoms with van der Waals surface area (Å²) in [7, 11) is 1.30. The number of ether oxygens (including phenoxy) is 1. The van der Waals surface area contributed by atoms with Crippen molar-refractivity contribution in [1.82, 2.24) is 4.98 Å². The molecule has 1 aromatic heterocycles. The van der Waals surface area contributed by atoms with Crippen molar-refractivity contribution in [2.45, 2.75) is 0 Å². The van der Waals surface area contributed by atoms with Gasteiger partial charge in [-0.25, -0.2) is 4.73 Å². The molecule has 7 heteroatoms. The molecule has 12 heavy (non-hydrogen) atoms. The van der Waals surface area contributed by atoms with Gasteiger partial charge in [0.2, 0.25) is 0 Å². The average Bonchev–Trinajstić information content (AvgIpc) is 2.08. The van der Waals surface area contributed by atoms with Gasteiger partial charge in [-0.1, -0.05) is 0 Å². The minimum Gasteiger partial charge on any atom is -0.738 e. The van der Waals surface area contributed by atoms with Crippen LogP contribution < -0.4 is 20.9 Å². The summed E-state index contributed by atoms with van der Waals surface area (Å²) in [4.78, 5) is 3.33. The normalized spacial score (nSPS) is 9.75.